The van der Waals surface area contributed by atoms with Crippen LogP contribution in [0.3, 0.4) is 0 Å². The van der Waals surface area contributed by atoms with Crippen LogP contribution in [-0.2, 0) is 11.4 Å². The van der Waals surface area contributed by atoms with Crippen molar-refractivity contribution in [1.29, 1.82) is 0 Å². The van der Waals surface area contributed by atoms with Crippen molar-refractivity contribution in [3.8, 4) is 17.2 Å². The van der Waals surface area contributed by atoms with E-state index in [0.29, 0.717) is 35.1 Å². The lowest BCUT2D eigenvalue weighted by Crippen LogP contribution is -2.18. The van der Waals surface area contributed by atoms with Crippen LogP contribution >= 0.6 is 0 Å². The highest BCUT2D eigenvalue weighted by molar-refractivity contribution is 6.08. The average molecular weight is 435 g/mol. The first kappa shape index (κ1) is 21.7. The summed E-state index contributed by atoms with van der Waals surface area (Å²) in [5.41, 5.74) is 3.15. The fraction of sp³-hybridized carbons (Fsp3) is 0.240. The Hall–Kier alpha value is -3.55. The van der Waals surface area contributed by atoms with Crippen molar-refractivity contribution in [3.63, 3.8) is 0 Å². The van der Waals surface area contributed by atoms with Gasteiger partial charge in [-0.2, -0.15) is 0 Å². The molecule has 3 aromatic rings. The van der Waals surface area contributed by atoms with Crippen molar-refractivity contribution in [2.24, 2.45) is 0 Å². The highest BCUT2D eigenvalue weighted by Crippen LogP contribution is 2.33. The van der Waals surface area contributed by atoms with Gasteiger partial charge in [-0.15, -0.1) is 0 Å². The van der Waals surface area contributed by atoms with Gasteiger partial charge in [0.1, 0.15) is 18.5 Å². The van der Waals surface area contributed by atoms with Crippen LogP contribution in [0.25, 0.3) is 6.08 Å². The zero-order chi connectivity index (χ0) is 22.5. The molecular weight excluding hydrogens is 410 g/mol. The Balaban J connectivity index is 1.47. The quantitative estimate of drug-likeness (QED) is 0.298. The fourth-order valence-electron chi connectivity index (χ4n) is 3.55. The first-order valence-electron chi connectivity index (χ1n) is 10.3. The minimum absolute atomic E-state index is 0.0692. The van der Waals surface area contributed by atoms with Crippen molar-refractivity contribution in [2.75, 3.05) is 13.4 Å². The smallest absolute Gasteiger partial charge is 0.231 e. The molecular formula is C25H25NO6. The predicted molar refractivity (Wildman–Crippen MR) is 119 cm³/mol. The number of hydrogen-bond donors (Lipinski definition) is 1. The molecule has 32 heavy (non-hydrogen) atoms. The van der Waals surface area contributed by atoms with Crippen LogP contribution in [0.2, 0.25) is 0 Å². The van der Waals surface area contributed by atoms with Gasteiger partial charge in [0.15, 0.2) is 11.5 Å². The Bertz CT molecular complexity index is 1130. The number of aromatic nitrogens is 1. The molecule has 0 saturated heterocycles. The Labute approximate surface area is 186 Å². The van der Waals surface area contributed by atoms with Gasteiger partial charge in [0, 0.05) is 18.3 Å². The van der Waals surface area contributed by atoms with Crippen LogP contribution in [-0.4, -0.2) is 35.1 Å². The zero-order valence-electron chi connectivity index (χ0n) is 18.0. The summed E-state index contributed by atoms with van der Waals surface area (Å²) in [7, 11) is 0. The van der Waals surface area contributed by atoms with Gasteiger partial charge in [0.2, 0.25) is 12.6 Å². The van der Waals surface area contributed by atoms with Gasteiger partial charge < -0.3 is 18.8 Å². The molecule has 7 heteroatoms. The molecule has 1 aliphatic heterocycles. The van der Waals surface area contributed by atoms with Crippen molar-refractivity contribution in [1.82, 2.24) is 4.57 Å². The summed E-state index contributed by atoms with van der Waals surface area (Å²) in [6.45, 7) is 4.58. The Kier molecular flexibility index (Phi) is 6.58. The number of hydrogen-bond acceptors (Lipinski definition) is 6. The number of nitrogens with zero attached hydrogens (tertiary/aromatic N) is 1. The third kappa shape index (κ3) is 5.01. The molecule has 0 saturated carbocycles. The number of carbonyl (C=O) groups excluding carboxylic acids is 1. The van der Waals surface area contributed by atoms with Crippen molar-refractivity contribution in [2.45, 2.75) is 26.5 Å². The van der Waals surface area contributed by atoms with E-state index in [-0.39, 0.29) is 25.3 Å². The van der Waals surface area contributed by atoms with E-state index in [1.807, 2.05) is 67.1 Å². The van der Waals surface area contributed by atoms with E-state index in [9.17, 15) is 4.79 Å². The summed E-state index contributed by atoms with van der Waals surface area (Å²) in [6, 6.07) is 14.8. The minimum Gasteiger partial charge on any atom is -0.488 e. The molecule has 0 aliphatic carbocycles. The van der Waals surface area contributed by atoms with Gasteiger partial charge in [0.25, 0.3) is 0 Å². The van der Waals surface area contributed by atoms with Crippen LogP contribution < -0.4 is 14.2 Å². The fourth-order valence-corrected chi connectivity index (χ4v) is 3.55. The summed E-state index contributed by atoms with van der Waals surface area (Å²) in [5, 5.41) is 8.54. The lowest BCUT2D eigenvalue weighted by Gasteiger charge is -2.13. The third-order valence-electron chi connectivity index (χ3n) is 5.02. The molecule has 1 atom stereocenters. The number of aryl methyl sites for hydroxylation is 1. The summed E-state index contributed by atoms with van der Waals surface area (Å²) >= 11 is 0. The molecule has 4 rings (SSSR count). The number of ketones is 1. The van der Waals surface area contributed by atoms with Crippen LogP contribution in [0.1, 0.15) is 34.1 Å². The number of rotatable bonds is 9. The highest BCUT2D eigenvalue weighted by atomic mass is 17.1. The minimum atomic E-state index is -0.271. The molecule has 0 fully saturated rings. The van der Waals surface area contributed by atoms with Gasteiger partial charge in [0.05, 0.1) is 5.69 Å². The van der Waals surface area contributed by atoms with Crippen molar-refractivity contribution >= 4 is 11.9 Å². The normalized spacial score (nSPS) is 13.5. The highest BCUT2D eigenvalue weighted by Gasteiger charge is 2.19. The van der Waals surface area contributed by atoms with Gasteiger partial charge >= 0.3 is 0 Å². The maximum Gasteiger partial charge on any atom is 0.231 e. The lowest BCUT2D eigenvalue weighted by molar-refractivity contribution is -0.253. The summed E-state index contributed by atoms with van der Waals surface area (Å²) in [5.74, 6) is 1.86. The molecule has 0 spiro atoms. The summed E-state index contributed by atoms with van der Waals surface area (Å²) in [6.07, 6.45) is 5.66. The second-order valence-corrected chi connectivity index (χ2v) is 7.65. The molecule has 2 aromatic carbocycles. The maximum atomic E-state index is 13.1. The first-order chi connectivity index (χ1) is 15.5. The molecule has 2 heterocycles. The van der Waals surface area contributed by atoms with Gasteiger partial charge in [-0.25, -0.2) is 4.89 Å². The third-order valence-corrected chi connectivity index (χ3v) is 5.02. The molecule has 0 radical (unpaired) electrons. The molecule has 1 N–H and O–H groups in total. The molecule has 0 unspecified atom stereocenters. The van der Waals surface area contributed by atoms with Crippen LogP contribution in [0, 0.1) is 6.92 Å². The van der Waals surface area contributed by atoms with E-state index in [1.54, 1.807) is 18.2 Å². The number of benzene rings is 2. The summed E-state index contributed by atoms with van der Waals surface area (Å²) < 4.78 is 18.4. The molecule has 0 amide bonds. The molecule has 1 aliphatic rings. The Morgan fingerprint density at radius 1 is 1.19 bits per heavy atom. The molecule has 166 valence electrons. The summed E-state index contributed by atoms with van der Waals surface area (Å²) in [4.78, 5) is 17.3. The van der Waals surface area contributed by atoms with Crippen LogP contribution in [0.15, 0.2) is 60.8 Å². The maximum absolute atomic E-state index is 13.1. The van der Waals surface area contributed by atoms with E-state index >= 15 is 0 Å². The van der Waals surface area contributed by atoms with Gasteiger partial charge in [-0.3, -0.25) is 10.1 Å². The molecule has 0 bridgehead atoms. The van der Waals surface area contributed by atoms with Gasteiger partial charge in [-0.1, -0.05) is 24.3 Å². The van der Waals surface area contributed by atoms with Crippen LogP contribution in [0.5, 0.6) is 17.2 Å². The van der Waals surface area contributed by atoms with E-state index in [1.165, 1.54) is 0 Å². The monoisotopic (exact) mass is 435 g/mol. The second-order valence-electron chi connectivity index (χ2n) is 7.65. The second kappa shape index (κ2) is 9.72. The largest absolute Gasteiger partial charge is 0.488 e. The van der Waals surface area contributed by atoms with E-state index in [4.69, 9.17) is 19.5 Å². The predicted octanol–water partition coefficient (Wildman–Crippen LogP) is 4.73. The topological polar surface area (TPSA) is 79.2 Å². The molecule has 1 aromatic heterocycles. The number of carbonyl (C=O) groups is 1. The van der Waals surface area contributed by atoms with Gasteiger partial charge in [-0.05, 0) is 61.4 Å². The first-order valence-corrected chi connectivity index (χ1v) is 10.3. The zero-order valence-corrected chi connectivity index (χ0v) is 18.0. The van der Waals surface area contributed by atoms with E-state index < -0.39 is 0 Å². The van der Waals surface area contributed by atoms with Crippen molar-refractivity contribution < 1.29 is 29.1 Å². The standard InChI is InChI=1S/C25H25NO6/c1-17-11-22(25(27)20-8-9-23-24(13-20)30-16-29-23)26(14-17)10-4-6-19-5-3-7-21(12-19)32-18(2)15-31-28/h3-9,11-14,18,28H,10,15-16H2,1-2H3/t18-/m0/s1. The SMILES string of the molecule is Cc1cc(C(=O)c2ccc3c(c2)OCO3)n(CC=Cc2cccc(O[C@@H](C)COO)c2)c1. The number of fused-ring (bicyclic) bond motifs is 1. The number of ether oxygens (including phenoxy) is 3. The number of allylic oxidation sites excluding steroid dienone is 1. The average Bonchev–Trinajstić information content (AvgIpc) is 3.39. The molecule has 7 nitrogen and oxygen atoms in total. The van der Waals surface area contributed by atoms with E-state index in [0.717, 1.165) is 11.1 Å². The van der Waals surface area contributed by atoms with Crippen LogP contribution in [0.4, 0.5) is 0 Å². The Morgan fingerprint density at radius 2 is 2.03 bits per heavy atom. The van der Waals surface area contributed by atoms with E-state index in [2.05, 4.69) is 4.89 Å². The Morgan fingerprint density at radius 3 is 2.88 bits per heavy atom. The lowest BCUT2D eigenvalue weighted by atomic mass is 10.1. The van der Waals surface area contributed by atoms with Crippen molar-refractivity contribution in [3.05, 3.63) is 83.2 Å².